The van der Waals surface area contributed by atoms with Gasteiger partial charge in [-0.3, -0.25) is 9.59 Å². The van der Waals surface area contributed by atoms with Gasteiger partial charge in [-0.15, -0.1) is 11.8 Å². The SMILES string of the molecule is COc1ccccc1NC(=O)C(C)Sc1cccc(NC(=O)c2ccc(C(=O)O)cc2C(=O)O)c1. The van der Waals surface area contributed by atoms with E-state index >= 15 is 0 Å². The Morgan fingerprint density at radius 2 is 1.60 bits per heavy atom. The van der Waals surface area contributed by atoms with Gasteiger partial charge in [0.1, 0.15) is 5.75 Å². The number of ether oxygens (including phenoxy) is 1. The first-order chi connectivity index (χ1) is 16.7. The van der Waals surface area contributed by atoms with E-state index in [-0.39, 0.29) is 17.0 Å². The highest BCUT2D eigenvalue weighted by atomic mass is 32.2. The van der Waals surface area contributed by atoms with Crippen molar-refractivity contribution in [2.45, 2.75) is 17.1 Å². The van der Waals surface area contributed by atoms with Gasteiger partial charge in [0.15, 0.2) is 0 Å². The molecule has 0 aliphatic heterocycles. The number of hydrogen-bond donors (Lipinski definition) is 4. The van der Waals surface area contributed by atoms with Crippen molar-refractivity contribution < 1.29 is 34.1 Å². The number of carbonyl (C=O) groups is 4. The van der Waals surface area contributed by atoms with Crippen molar-refractivity contribution in [1.82, 2.24) is 0 Å². The number of thioether (sulfide) groups is 1. The molecular formula is C25H22N2O7S. The quantitative estimate of drug-likeness (QED) is 0.319. The van der Waals surface area contributed by atoms with Gasteiger partial charge in [-0.25, -0.2) is 9.59 Å². The van der Waals surface area contributed by atoms with Crippen molar-refractivity contribution >= 4 is 46.9 Å². The van der Waals surface area contributed by atoms with Crippen LogP contribution in [0.2, 0.25) is 0 Å². The van der Waals surface area contributed by atoms with E-state index in [1.54, 1.807) is 55.5 Å². The maximum atomic E-state index is 12.7. The molecule has 9 nitrogen and oxygen atoms in total. The maximum Gasteiger partial charge on any atom is 0.336 e. The van der Waals surface area contributed by atoms with E-state index in [0.29, 0.717) is 22.0 Å². The van der Waals surface area contributed by atoms with Gasteiger partial charge in [0.05, 0.1) is 34.7 Å². The topological polar surface area (TPSA) is 142 Å². The number of carbonyl (C=O) groups excluding carboxylic acids is 2. The molecule has 0 aliphatic carbocycles. The van der Waals surface area contributed by atoms with Crippen LogP contribution in [-0.2, 0) is 4.79 Å². The molecule has 0 aliphatic rings. The Morgan fingerprint density at radius 3 is 2.29 bits per heavy atom. The number of methoxy groups -OCH3 is 1. The molecule has 180 valence electrons. The first-order valence-corrected chi connectivity index (χ1v) is 11.2. The molecular weight excluding hydrogens is 472 g/mol. The number of carboxylic acids is 2. The monoisotopic (exact) mass is 494 g/mol. The fraction of sp³-hybridized carbons (Fsp3) is 0.120. The standard InChI is InChI=1S/C25H22N2O7S/c1-14(22(28)27-20-8-3-4-9-21(20)34-2)35-17-7-5-6-16(13-17)26-23(29)18-11-10-15(24(30)31)12-19(18)25(32)33/h3-14H,1-2H3,(H,26,29)(H,27,28)(H,30,31)(H,32,33). The van der Waals surface area contributed by atoms with E-state index < -0.39 is 28.7 Å². The van der Waals surface area contributed by atoms with Crippen LogP contribution in [0.15, 0.2) is 71.6 Å². The minimum Gasteiger partial charge on any atom is -0.495 e. The second kappa shape index (κ2) is 11.2. The number of aromatic carboxylic acids is 2. The smallest absolute Gasteiger partial charge is 0.336 e. The van der Waals surface area contributed by atoms with Gasteiger partial charge in [-0.2, -0.15) is 0 Å². The van der Waals surface area contributed by atoms with Gasteiger partial charge >= 0.3 is 11.9 Å². The molecule has 3 rings (SSSR count). The van der Waals surface area contributed by atoms with Crippen molar-refractivity contribution in [2.75, 3.05) is 17.7 Å². The zero-order chi connectivity index (χ0) is 25.5. The Hall–Kier alpha value is -4.31. The number of carboxylic acid groups (broad SMARTS) is 2. The molecule has 0 spiro atoms. The molecule has 0 saturated carbocycles. The highest BCUT2D eigenvalue weighted by Crippen LogP contribution is 2.29. The fourth-order valence-electron chi connectivity index (χ4n) is 3.14. The first-order valence-electron chi connectivity index (χ1n) is 10.3. The molecule has 0 radical (unpaired) electrons. The lowest BCUT2D eigenvalue weighted by Gasteiger charge is -2.15. The van der Waals surface area contributed by atoms with E-state index in [9.17, 15) is 24.3 Å². The highest BCUT2D eigenvalue weighted by Gasteiger charge is 2.20. The molecule has 1 atom stereocenters. The van der Waals surface area contributed by atoms with Crippen LogP contribution in [0.25, 0.3) is 0 Å². The van der Waals surface area contributed by atoms with Gasteiger partial charge < -0.3 is 25.6 Å². The number of rotatable bonds is 9. The summed E-state index contributed by atoms with van der Waals surface area (Å²) in [4.78, 5) is 48.7. The minimum absolute atomic E-state index is 0.176. The van der Waals surface area contributed by atoms with Crippen LogP contribution in [0.1, 0.15) is 38.0 Å². The molecule has 3 aromatic rings. The van der Waals surface area contributed by atoms with E-state index in [2.05, 4.69) is 10.6 Å². The van der Waals surface area contributed by atoms with E-state index in [1.807, 2.05) is 0 Å². The lowest BCUT2D eigenvalue weighted by atomic mass is 10.0. The number of amides is 2. The summed E-state index contributed by atoms with van der Waals surface area (Å²) < 4.78 is 5.25. The van der Waals surface area contributed by atoms with E-state index in [1.165, 1.54) is 18.9 Å². The van der Waals surface area contributed by atoms with Crippen molar-refractivity contribution in [1.29, 1.82) is 0 Å². The Labute approximate surface area is 205 Å². The molecule has 0 aromatic heterocycles. The predicted molar refractivity (Wildman–Crippen MR) is 132 cm³/mol. The molecule has 0 heterocycles. The van der Waals surface area contributed by atoms with Crippen LogP contribution in [-0.4, -0.2) is 46.3 Å². The van der Waals surface area contributed by atoms with Crippen molar-refractivity contribution in [3.05, 3.63) is 83.4 Å². The van der Waals surface area contributed by atoms with E-state index in [4.69, 9.17) is 9.84 Å². The van der Waals surface area contributed by atoms with Crippen LogP contribution in [0.4, 0.5) is 11.4 Å². The summed E-state index contributed by atoms with van der Waals surface area (Å²) >= 11 is 1.27. The van der Waals surface area contributed by atoms with Gasteiger partial charge in [-0.1, -0.05) is 18.2 Å². The third kappa shape index (κ3) is 6.39. The summed E-state index contributed by atoms with van der Waals surface area (Å²) in [5, 5.41) is 23.4. The van der Waals surface area contributed by atoms with Crippen LogP contribution in [0, 0.1) is 0 Å². The lowest BCUT2D eigenvalue weighted by molar-refractivity contribution is -0.115. The number of hydrogen-bond acceptors (Lipinski definition) is 6. The number of benzene rings is 3. The molecule has 3 aromatic carbocycles. The summed E-state index contributed by atoms with van der Waals surface area (Å²) in [6.45, 7) is 1.74. The number of anilines is 2. The summed E-state index contributed by atoms with van der Waals surface area (Å²) in [6, 6.07) is 17.1. The zero-order valence-electron chi connectivity index (χ0n) is 18.8. The second-order valence-corrected chi connectivity index (χ2v) is 8.72. The van der Waals surface area contributed by atoms with Gasteiger partial charge in [-0.05, 0) is 55.5 Å². The van der Waals surface area contributed by atoms with Crippen molar-refractivity contribution in [2.24, 2.45) is 0 Å². The third-order valence-electron chi connectivity index (χ3n) is 4.88. The molecule has 1 unspecified atom stereocenters. The first kappa shape index (κ1) is 25.3. The molecule has 0 saturated heterocycles. The average Bonchev–Trinajstić information content (AvgIpc) is 2.84. The Balaban J connectivity index is 1.71. The van der Waals surface area contributed by atoms with Crippen LogP contribution >= 0.6 is 11.8 Å². The van der Waals surface area contributed by atoms with Crippen molar-refractivity contribution in [3.63, 3.8) is 0 Å². The zero-order valence-corrected chi connectivity index (χ0v) is 19.6. The lowest BCUT2D eigenvalue weighted by Crippen LogP contribution is -2.22. The Bertz CT molecular complexity index is 1290. The van der Waals surface area contributed by atoms with Crippen LogP contribution in [0.5, 0.6) is 5.75 Å². The van der Waals surface area contributed by atoms with E-state index in [0.717, 1.165) is 18.2 Å². The Kier molecular flexibility index (Phi) is 8.11. The number of nitrogens with one attached hydrogen (secondary N) is 2. The fourth-order valence-corrected chi connectivity index (χ4v) is 4.06. The number of para-hydroxylation sites is 2. The summed E-state index contributed by atoms with van der Waals surface area (Å²) in [5.41, 5.74) is 0.102. The molecule has 2 amide bonds. The molecule has 0 fully saturated rings. The molecule has 35 heavy (non-hydrogen) atoms. The third-order valence-corrected chi connectivity index (χ3v) is 5.97. The molecule has 10 heteroatoms. The summed E-state index contributed by atoms with van der Waals surface area (Å²) in [7, 11) is 1.52. The molecule has 4 N–H and O–H groups in total. The Morgan fingerprint density at radius 1 is 0.857 bits per heavy atom. The van der Waals surface area contributed by atoms with Crippen molar-refractivity contribution in [3.8, 4) is 5.75 Å². The highest BCUT2D eigenvalue weighted by molar-refractivity contribution is 8.00. The molecule has 0 bridgehead atoms. The average molecular weight is 495 g/mol. The van der Waals surface area contributed by atoms with Crippen LogP contribution in [0.3, 0.4) is 0 Å². The van der Waals surface area contributed by atoms with Gasteiger partial charge in [0.25, 0.3) is 5.91 Å². The van der Waals surface area contributed by atoms with Gasteiger partial charge in [0.2, 0.25) is 5.91 Å². The van der Waals surface area contributed by atoms with Crippen LogP contribution < -0.4 is 15.4 Å². The summed E-state index contributed by atoms with van der Waals surface area (Å²) in [5.74, 6) is -3.12. The largest absolute Gasteiger partial charge is 0.495 e. The normalized spacial score (nSPS) is 11.3. The maximum absolute atomic E-state index is 12.7. The summed E-state index contributed by atoms with van der Waals surface area (Å²) in [6.07, 6.45) is 0. The minimum atomic E-state index is -1.42. The predicted octanol–water partition coefficient (Wildman–Crippen LogP) is 4.46. The second-order valence-electron chi connectivity index (χ2n) is 7.30. The van der Waals surface area contributed by atoms with Gasteiger partial charge in [0, 0.05) is 10.6 Å².